The molecule has 1 unspecified atom stereocenters. The van der Waals surface area contributed by atoms with Crippen molar-refractivity contribution >= 4 is 34.0 Å². The molecule has 3 aliphatic rings. The van der Waals surface area contributed by atoms with Gasteiger partial charge in [0, 0.05) is 17.6 Å². The molecule has 25 heavy (non-hydrogen) atoms. The number of hydrogen-bond acceptors (Lipinski definition) is 5. The summed E-state index contributed by atoms with van der Waals surface area (Å²) in [4.78, 5) is 28.4. The van der Waals surface area contributed by atoms with Gasteiger partial charge in [0.2, 0.25) is 5.13 Å². The maximum Gasteiger partial charge on any atom is 0.270 e. The van der Waals surface area contributed by atoms with E-state index in [1.807, 2.05) is 18.2 Å². The Balaban J connectivity index is 1.48. The van der Waals surface area contributed by atoms with E-state index < -0.39 is 5.91 Å². The average molecular weight is 354 g/mol. The van der Waals surface area contributed by atoms with Gasteiger partial charge in [0.15, 0.2) is 0 Å². The third kappa shape index (κ3) is 3.37. The maximum absolute atomic E-state index is 12.6. The quantitative estimate of drug-likeness (QED) is 0.903. The first-order valence-corrected chi connectivity index (χ1v) is 9.36. The Labute approximate surface area is 149 Å². The Kier molecular flexibility index (Phi) is 4.40. The molecule has 0 radical (unpaired) electrons. The van der Waals surface area contributed by atoms with Crippen LogP contribution in [0.1, 0.15) is 43.0 Å². The molecule has 1 aliphatic heterocycles. The number of carbonyl (C=O) groups is 2. The zero-order valence-electron chi connectivity index (χ0n) is 13.6. The molecule has 1 saturated carbocycles. The van der Waals surface area contributed by atoms with Crippen LogP contribution in [0.15, 0.2) is 40.9 Å². The van der Waals surface area contributed by atoms with E-state index in [2.05, 4.69) is 20.5 Å². The van der Waals surface area contributed by atoms with Crippen LogP contribution in [0, 0.1) is 5.92 Å². The molecule has 7 heteroatoms. The van der Waals surface area contributed by atoms with Crippen LogP contribution < -0.4 is 5.32 Å². The van der Waals surface area contributed by atoms with E-state index in [1.165, 1.54) is 36.7 Å². The van der Waals surface area contributed by atoms with Gasteiger partial charge in [-0.25, -0.2) is 4.99 Å². The van der Waals surface area contributed by atoms with E-state index >= 15 is 0 Å². The number of nitrogens with one attached hydrogen (secondary N) is 1. The lowest BCUT2D eigenvalue weighted by Gasteiger charge is -2.21. The molecule has 0 bridgehead atoms. The summed E-state index contributed by atoms with van der Waals surface area (Å²) in [7, 11) is 0. The normalized spacial score (nSPS) is 23.0. The number of nitrogens with zero attached hydrogens (tertiary/aromatic N) is 3. The molecule has 1 atom stereocenters. The number of aromatic nitrogens is 2. The van der Waals surface area contributed by atoms with Crippen LogP contribution >= 0.6 is 11.3 Å². The Morgan fingerprint density at radius 3 is 2.84 bits per heavy atom. The highest BCUT2D eigenvalue weighted by Gasteiger charge is 2.29. The second kappa shape index (κ2) is 6.84. The molecule has 1 N–H and O–H groups in total. The Bertz CT molecular complexity index is 828. The predicted octanol–water partition coefficient (Wildman–Crippen LogP) is 3.17. The standard InChI is InChI=1S/C18H18N4O2S/c23-15-10-13(12-8-4-5-9-14(12)19-15)16(24)20-18-22-21-17(25-18)11-6-2-1-3-7-11/h4-5,8-12H,1-3,6-7H2,(H,20,22,24). The van der Waals surface area contributed by atoms with Crippen molar-refractivity contribution in [1.29, 1.82) is 0 Å². The van der Waals surface area contributed by atoms with Crippen LogP contribution in [0.5, 0.6) is 0 Å². The molecule has 0 aromatic carbocycles. The summed E-state index contributed by atoms with van der Waals surface area (Å²) in [6.45, 7) is 0. The van der Waals surface area contributed by atoms with Crippen molar-refractivity contribution in [3.05, 3.63) is 41.0 Å². The highest BCUT2D eigenvalue weighted by atomic mass is 32.1. The fourth-order valence-corrected chi connectivity index (χ4v) is 4.37. The van der Waals surface area contributed by atoms with Crippen molar-refractivity contribution in [3.8, 4) is 0 Å². The topological polar surface area (TPSA) is 84.3 Å². The van der Waals surface area contributed by atoms with Gasteiger partial charge in [-0.1, -0.05) is 48.8 Å². The number of allylic oxidation sites excluding steroid dienone is 4. The Hall–Kier alpha value is -2.41. The summed E-state index contributed by atoms with van der Waals surface area (Å²) in [5.41, 5.74) is 0.991. The van der Waals surface area contributed by atoms with E-state index in [0.29, 0.717) is 22.3 Å². The van der Waals surface area contributed by atoms with E-state index in [9.17, 15) is 9.59 Å². The number of hydrogen-bond donors (Lipinski definition) is 1. The van der Waals surface area contributed by atoms with Crippen LogP contribution in [0.3, 0.4) is 0 Å². The van der Waals surface area contributed by atoms with E-state index in [-0.39, 0.29) is 11.8 Å². The molecule has 2 amide bonds. The maximum atomic E-state index is 12.6. The highest BCUT2D eigenvalue weighted by molar-refractivity contribution is 7.15. The summed E-state index contributed by atoms with van der Waals surface area (Å²) >= 11 is 1.43. The van der Waals surface area contributed by atoms with E-state index in [0.717, 1.165) is 17.8 Å². The summed E-state index contributed by atoms with van der Waals surface area (Å²) in [5.74, 6) is -0.556. The summed E-state index contributed by atoms with van der Waals surface area (Å²) in [6.07, 6.45) is 14.6. The van der Waals surface area contributed by atoms with Gasteiger partial charge in [-0.15, -0.1) is 10.2 Å². The molecule has 1 aromatic rings. The molecular weight excluding hydrogens is 336 g/mol. The van der Waals surface area contributed by atoms with Gasteiger partial charge in [-0.3, -0.25) is 14.9 Å². The molecular formula is C18H18N4O2S. The zero-order valence-corrected chi connectivity index (χ0v) is 14.5. The van der Waals surface area contributed by atoms with Gasteiger partial charge in [-0.05, 0) is 18.9 Å². The number of carbonyl (C=O) groups excluding carboxylic acids is 2. The van der Waals surface area contributed by atoms with Crippen LogP contribution in [0.4, 0.5) is 5.13 Å². The monoisotopic (exact) mass is 354 g/mol. The summed E-state index contributed by atoms with van der Waals surface area (Å²) in [5, 5.41) is 12.6. The Morgan fingerprint density at radius 2 is 2.00 bits per heavy atom. The first-order valence-electron chi connectivity index (χ1n) is 8.54. The second-order valence-corrected chi connectivity index (χ2v) is 7.44. The van der Waals surface area contributed by atoms with E-state index in [1.54, 1.807) is 6.08 Å². The van der Waals surface area contributed by atoms with Gasteiger partial charge in [0.05, 0.1) is 11.6 Å². The molecule has 0 spiro atoms. The third-order valence-corrected chi connectivity index (χ3v) is 5.73. The number of aliphatic imine (C=N–C) groups is 1. The van der Waals surface area contributed by atoms with Gasteiger partial charge >= 0.3 is 0 Å². The molecule has 2 aliphatic carbocycles. The fourth-order valence-electron chi connectivity index (χ4n) is 3.46. The minimum Gasteiger partial charge on any atom is -0.297 e. The molecule has 1 aromatic heterocycles. The fraction of sp³-hybridized carbons (Fsp3) is 0.389. The highest BCUT2D eigenvalue weighted by Crippen LogP contribution is 2.35. The largest absolute Gasteiger partial charge is 0.297 e. The lowest BCUT2D eigenvalue weighted by molar-refractivity contribution is -0.116. The van der Waals surface area contributed by atoms with Gasteiger partial charge in [0.1, 0.15) is 5.01 Å². The second-order valence-electron chi connectivity index (χ2n) is 6.43. The molecule has 0 saturated heterocycles. The minimum atomic E-state index is -0.406. The molecule has 128 valence electrons. The summed E-state index contributed by atoms with van der Waals surface area (Å²) in [6, 6.07) is 0. The number of fused-ring (bicyclic) bond motifs is 1. The first kappa shape index (κ1) is 16.1. The predicted molar refractivity (Wildman–Crippen MR) is 96.7 cm³/mol. The molecule has 2 heterocycles. The number of amides is 2. The van der Waals surface area contributed by atoms with Gasteiger partial charge in [-0.2, -0.15) is 0 Å². The average Bonchev–Trinajstić information content (AvgIpc) is 3.10. The number of rotatable bonds is 3. The van der Waals surface area contributed by atoms with E-state index in [4.69, 9.17) is 0 Å². The van der Waals surface area contributed by atoms with Crippen LogP contribution in [-0.2, 0) is 9.59 Å². The molecule has 1 fully saturated rings. The third-order valence-electron chi connectivity index (χ3n) is 4.73. The van der Waals surface area contributed by atoms with Crippen molar-refractivity contribution in [2.45, 2.75) is 38.0 Å². The number of anilines is 1. The van der Waals surface area contributed by atoms with Crippen molar-refractivity contribution in [1.82, 2.24) is 10.2 Å². The lowest BCUT2D eigenvalue weighted by Crippen LogP contribution is -2.28. The SMILES string of the molecule is O=C1C=C(C(=O)Nc2nnc(C3CCCCC3)s2)C2C=CC=CC2=N1. The summed E-state index contributed by atoms with van der Waals surface area (Å²) < 4.78 is 0. The van der Waals surface area contributed by atoms with Crippen molar-refractivity contribution in [3.63, 3.8) is 0 Å². The van der Waals surface area contributed by atoms with Crippen molar-refractivity contribution in [2.75, 3.05) is 5.32 Å². The smallest absolute Gasteiger partial charge is 0.270 e. The Morgan fingerprint density at radius 1 is 1.16 bits per heavy atom. The molecule has 6 nitrogen and oxygen atoms in total. The van der Waals surface area contributed by atoms with Crippen LogP contribution in [-0.4, -0.2) is 27.7 Å². The first-order chi connectivity index (χ1) is 12.2. The van der Waals surface area contributed by atoms with Crippen LogP contribution in [0.2, 0.25) is 0 Å². The van der Waals surface area contributed by atoms with Crippen molar-refractivity contribution in [2.24, 2.45) is 10.9 Å². The van der Waals surface area contributed by atoms with Gasteiger partial charge < -0.3 is 0 Å². The minimum absolute atomic E-state index is 0.284. The lowest BCUT2D eigenvalue weighted by atomic mass is 9.87. The van der Waals surface area contributed by atoms with Crippen molar-refractivity contribution < 1.29 is 9.59 Å². The van der Waals surface area contributed by atoms with Crippen LogP contribution in [0.25, 0.3) is 0 Å². The zero-order chi connectivity index (χ0) is 17.2. The van der Waals surface area contributed by atoms with Gasteiger partial charge in [0.25, 0.3) is 11.8 Å². The molecule has 4 rings (SSSR count). The number of dihydropyridines is 1.